The van der Waals surface area contributed by atoms with Gasteiger partial charge in [0.15, 0.2) is 0 Å². The van der Waals surface area contributed by atoms with Crippen LogP contribution in [0.4, 0.5) is 0 Å². The van der Waals surface area contributed by atoms with Crippen molar-refractivity contribution in [3.05, 3.63) is 24.2 Å². The quantitative estimate of drug-likeness (QED) is 0.913. The number of hydrogen-bond donors (Lipinski definition) is 1. The van der Waals surface area contributed by atoms with Gasteiger partial charge in [-0.2, -0.15) is 0 Å². The van der Waals surface area contributed by atoms with E-state index in [2.05, 4.69) is 26.1 Å². The van der Waals surface area contributed by atoms with E-state index in [-0.39, 0.29) is 34.6 Å². The molecule has 0 unspecified atom stereocenters. The number of carbonyl (C=O) groups is 2. The minimum absolute atomic E-state index is 0.0380. The fraction of sp³-hybridized carbons (Fsp3) is 0.700. The molecule has 2 bridgehead atoms. The molecule has 1 aromatic rings. The number of hydrogen-bond acceptors (Lipinski definition) is 3. The first-order chi connectivity index (χ1) is 11.8. The van der Waals surface area contributed by atoms with Gasteiger partial charge >= 0.3 is 0 Å². The highest BCUT2D eigenvalue weighted by atomic mass is 16.3. The number of rotatable bonds is 4. The Morgan fingerprint density at radius 2 is 2.20 bits per heavy atom. The second-order valence-corrected chi connectivity index (χ2v) is 8.93. The summed E-state index contributed by atoms with van der Waals surface area (Å²) in [6.45, 7) is 7.96. The molecule has 136 valence electrons. The van der Waals surface area contributed by atoms with Crippen LogP contribution in [0.25, 0.3) is 0 Å². The van der Waals surface area contributed by atoms with E-state index >= 15 is 0 Å². The smallest absolute Gasteiger partial charge is 0.225 e. The van der Waals surface area contributed by atoms with Crippen LogP contribution in [0.5, 0.6) is 0 Å². The number of carbonyl (C=O) groups excluding carboxylic acids is 2. The maximum absolute atomic E-state index is 12.8. The van der Waals surface area contributed by atoms with Gasteiger partial charge in [0.25, 0.3) is 0 Å². The Hall–Kier alpha value is -1.78. The largest absolute Gasteiger partial charge is 0.467 e. The molecule has 2 amide bonds. The van der Waals surface area contributed by atoms with Crippen molar-refractivity contribution in [1.82, 2.24) is 10.2 Å². The number of amides is 2. The Morgan fingerprint density at radius 3 is 2.80 bits per heavy atom. The second-order valence-electron chi connectivity index (χ2n) is 8.93. The molecule has 3 fully saturated rings. The molecule has 4 atom stereocenters. The lowest BCUT2D eigenvalue weighted by molar-refractivity contribution is -0.129. The molecule has 1 aliphatic heterocycles. The molecule has 25 heavy (non-hydrogen) atoms. The molecule has 2 aliphatic carbocycles. The van der Waals surface area contributed by atoms with Crippen LogP contribution < -0.4 is 5.32 Å². The number of nitrogens with zero attached hydrogens (tertiary/aromatic N) is 1. The van der Waals surface area contributed by atoms with Crippen LogP contribution in [0.1, 0.15) is 52.2 Å². The van der Waals surface area contributed by atoms with Gasteiger partial charge in [-0.1, -0.05) is 20.8 Å². The molecule has 5 nitrogen and oxygen atoms in total. The van der Waals surface area contributed by atoms with Crippen molar-refractivity contribution in [3.63, 3.8) is 0 Å². The standard InChI is InChI=1S/C20H28N2O3/c1-19(2)14-6-7-20(19,3)16(10-14)21-18(24)13-9-17(23)22(11-13)12-15-5-4-8-25-15/h4-5,8,13-14,16H,6-7,9-12H2,1-3H3,(H,21,24)/t13-,14-,16+,20-/m1/s1. The molecule has 1 aromatic heterocycles. The summed E-state index contributed by atoms with van der Waals surface area (Å²) >= 11 is 0. The lowest BCUT2D eigenvalue weighted by atomic mass is 9.69. The van der Waals surface area contributed by atoms with Crippen molar-refractivity contribution in [2.75, 3.05) is 6.54 Å². The van der Waals surface area contributed by atoms with E-state index in [1.54, 1.807) is 11.2 Å². The van der Waals surface area contributed by atoms with Crippen molar-refractivity contribution >= 4 is 11.8 Å². The summed E-state index contributed by atoms with van der Waals surface area (Å²) in [6.07, 6.45) is 5.45. The van der Waals surface area contributed by atoms with Gasteiger partial charge in [-0.15, -0.1) is 0 Å². The average Bonchev–Trinajstić information content (AvgIpc) is 3.27. The number of furan rings is 1. The van der Waals surface area contributed by atoms with Crippen LogP contribution >= 0.6 is 0 Å². The van der Waals surface area contributed by atoms with Gasteiger partial charge in [-0.25, -0.2) is 0 Å². The molecule has 2 saturated carbocycles. The van der Waals surface area contributed by atoms with E-state index < -0.39 is 0 Å². The van der Waals surface area contributed by atoms with Crippen LogP contribution in [0.2, 0.25) is 0 Å². The third-order valence-corrected chi connectivity index (χ3v) is 7.62. The summed E-state index contributed by atoms with van der Waals surface area (Å²) in [5.74, 6) is 1.30. The molecule has 1 saturated heterocycles. The molecule has 1 N–H and O–H groups in total. The molecule has 5 heteroatoms. The van der Waals surface area contributed by atoms with Gasteiger partial charge in [0.2, 0.25) is 11.8 Å². The molecule has 0 radical (unpaired) electrons. The average molecular weight is 344 g/mol. The highest BCUT2D eigenvalue weighted by molar-refractivity contribution is 5.89. The van der Waals surface area contributed by atoms with Crippen molar-refractivity contribution < 1.29 is 14.0 Å². The molecular weight excluding hydrogens is 316 g/mol. The first kappa shape index (κ1) is 16.7. The summed E-state index contributed by atoms with van der Waals surface area (Å²) < 4.78 is 5.32. The molecule has 4 rings (SSSR count). The Balaban J connectivity index is 1.39. The van der Waals surface area contributed by atoms with Crippen molar-refractivity contribution in [1.29, 1.82) is 0 Å². The summed E-state index contributed by atoms with van der Waals surface area (Å²) in [5, 5.41) is 3.31. The SMILES string of the molecule is CC1(C)[C@@H]2CC[C@]1(C)[C@@H](NC(=O)[C@@H]1CC(=O)N(Cc3ccco3)C1)C2. The van der Waals surface area contributed by atoms with Crippen LogP contribution in [-0.4, -0.2) is 29.3 Å². The maximum Gasteiger partial charge on any atom is 0.225 e. The zero-order valence-electron chi connectivity index (χ0n) is 15.4. The third kappa shape index (κ3) is 2.51. The van der Waals surface area contributed by atoms with E-state index in [1.807, 2.05) is 12.1 Å². The van der Waals surface area contributed by atoms with Crippen LogP contribution in [0, 0.1) is 22.7 Å². The highest BCUT2D eigenvalue weighted by Crippen LogP contribution is 2.65. The minimum Gasteiger partial charge on any atom is -0.467 e. The van der Waals surface area contributed by atoms with E-state index in [0.29, 0.717) is 25.4 Å². The van der Waals surface area contributed by atoms with Gasteiger partial charge in [0, 0.05) is 19.0 Å². The monoisotopic (exact) mass is 344 g/mol. The first-order valence-corrected chi connectivity index (χ1v) is 9.42. The number of nitrogens with one attached hydrogen (secondary N) is 1. The molecule has 2 heterocycles. The Bertz CT molecular complexity index is 681. The molecular formula is C20H28N2O3. The minimum atomic E-state index is -0.242. The summed E-state index contributed by atoms with van der Waals surface area (Å²) in [7, 11) is 0. The van der Waals surface area contributed by atoms with Gasteiger partial charge in [0.05, 0.1) is 18.7 Å². The summed E-state index contributed by atoms with van der Waals surface area (Å²) in [4.78, 5) is 26.8. The topological polar surface area (TPSA) is 62.6 Å². The van der Waals surface area contributed by atoms with Crippen LogP contribution in [0.3, 0.4) is 0 Å². The van der Waals surface area contributed by atoms with E-state index in [0.717, 1.165) is 12.2 Å². The molecule has 0 spiro atoms. The molecule has 0 aromatic carbocycles. The molecule has 3 aliphatic rings. The Kier molecular flexibility index (Phi) is 3.74. The first-order valence-electron chi connectivity index (χ1n) is 9.42. The van der Waals surface area contributed by atoms with Gasteiger partial charge in [-0.05, 0) is 48.1 Å². The van der Waals surface area contributed by atoms with Gasteiger partial charge in [-0.3, -0.25) is 9.59 Å². The zero-order chi connectivity index (χ0) is 17.8. The lowest BCUT2D eigenvalue weighted by Gasteiger charge is -2.39. The zero-order valence-corrected chi connectivity index (χ0v) is 15.4. The number of fused-ring (bicyclic) bond motifs is 2. The maximum atomic E-state index is 12.8. The Labute approximate surface area is 149 Å². The van der Waals surface area contributed by atoms with Crippen LogP contribution in [-0.2, 0) is 16.1 Å². The normalized spacial score (nSPS) is 36.2. The van der Waals surface area contributed by atoms with E-state index in [1.165, 1.54) is 12.8 Å². The van der Waals surface area contributed by atoms with Crippen molar-refractivity contribution in [3.8, 4) is 0 Å². The van der Waals surface area contributed by atoms with Crippen LogP contribution in [0.15, 0.2) is 22.8 Å². The summed E-state index contributed by atoms with van der Waals surface area (Å²) in [6, 6.07) is 3.92. The fourth-order valence-electron chi connectivity index (χ4n) is 5.40. The van der Waals surface area contributed by atoms with E-state index in [4.69, 9.17) is 4.42 Å². The van der Waals surface area contributed by atoms with Crippen molar-refractivity contribution in [2.45, 2.75) is 59.0 Å². The highest BCUT2D eigenvalue weighted by Gasteiger charge is 2.61. The Morgan fingerprint density at radius 1 is 1.40 bits per heavy atom. The lowest BCUT2D eigenvalue weighted by Crippen LogP contribution is -2.48. The second kappa shape index (κ2) is 5.61. The van der Waals surface area contributed by atoms with Gasteiger partial charge < -0.3 is 14.6 Å². The van der Waals surface area contributed by atoms with E-state index in [9.17, 15) is 9.59 Å². The number of likely N-dealkylation sites (tertiary alicyclic amines) is 1. The van der Waals surface area contributed by atoms with Crippen molar-refractivity contribution in [2.24, 2.45) is 22.7 Å². The summed E-state index contributed by atoms with van der Waals surface area (Å²) in [5.41, 5.74) is 0.450. The predicted molar refractivity (Wildman–Crippen MR) is 93.4 cm³/mol. The third-order valence-electron chi connectivity index (χ3n) is 7.62. The fourth-order valence-corrected chi connectivity index (χ4v) is 5.40. The predicted octanol–water partition coefficient (Wildman–Crippen LogP) is 2.96. The van der Waals surface area contributed by atoms with Gasteiger partial charge in [0.1, 0.15) is 5.76 Å².